The molecule has 6 nitrogen and oxygen atoms in total. The molecule has 6 heteroatoms. The van der Waals surface area contributed by atoms with Gasteiger partial charge in [-0.3, -0.25) is 4.79 Å². The number of aryl methyl sites for hydroxylation is 1. The van der Waals surface area contributed by atoms with E-state index in [9.17, 15) is 4.79 Å². The van der Waals surface area contributed by atoms with Crippen molar-refractivity contribution in [3.8, 4) is 5.75 Å². The number of aromatic nitrogens is 3. The van der Waals surface area contributed by atoms with Crippen LogP contribution in [0.25, 0.3) is 0 Å². The number of amides is 1. The predicted octanol–water partition coefficient (Wildman–Crippen LogP) is 1.26. The van der Waals surface area contributed by atoms with Gasteiger partial charge in [0.2, 0.25) is 5.91 Å². The first-order valence-corrected chi connectivity index (χ1v) is 7.04. The van der Waals surface area contributed by atoms with Crippen LogP contribution in [0.2, 0.25) is 0 Å². The number of hydrogen-bond donors (Lipinski definition) is 0. The molecule has 0 saturated heterocycles. The second-order valence-electron chi connectivity index (χ2n) is 5.07. The number of para-hydroxylation sites is 1. The first-order chi connectivity index (χ1) is 10.3. The molecule has 0 unspecified atom stereocenters. The Morgan fingerprint density at radius 2 is 2.19 bits per heavy atom. The SMILES string of the molecule is COc1ccccc1CCC(=O)N1CCn2cnnc2C1. The van der Waals surface area contributed by atoms with E-state index in [1.807, 2.05) is 33.7 Å². The molecule has 21 heavy (non-hydrogen) atoms. The molecule has 0 atom stereocenters. The Labute approximate surface area is 123 Å². The van der Waals surface area contributed by atoms with E-state index in [1.54, 1.807) is 13.4 Å². The number of rotatable bonds is 4. The lowest BCUT2D eigenvalue weighted by Gasteiger charge is -2.27. The lowest BCUT2D eigenvalue weighted by Crippen LogP contribution is -2.38. The zero-order valence-corrected chi connectivity index (χ0v) is 12.0. The summed E-state index contributed by atoms with van der Waals surface area (Å²) in [7, 11) is 1.65. The third kappa shape index (κ3) is 2.89. The van der Waals surface area contributed by atoms with E-state index in [4.69, 9.17) is 4.74 Å². The monoisotopic (exact) mass is 286 g/mol. The lowest BCUT2D eigenvalue weighted by molar-refractivity contribution is -0.132. The predicted molar refractivity (Wildman–Crippen MR) is 76.8 cm³/mol. The minimum atomic E-state index is 0.148. The van der Waals surface area contributed by atoms with Crippen LogP contribution in [-0.2, 0) is 24.3 Å². The summed E-state index contributed by atoms with van der Waals surface area (Å²) in [5.74, 6) is 1.84. The van der Waals surface area contributed by atoms with E-state index < -0.39 is 0 Å². The Hall–Kier alpha value is -2.37. The minimum absolute atomic E-state index is 0.148. The Morgan fingerprint density at radius 3 is 3.05 bits per heavy atom. The van der Waals surface area contributed by atoms with Gasteiger partial charge in [-0.1, -0.05) is 18.2 Å². The van der Waals surface area contributed by atoms with Crippen LogP contribution in [0, 0.1) is 0 Å². The highest BCUT2D eigenvalue weighted by atomic mass is 16.5. The van der Waals surface area contributed by atoms with Gasteiger partial charge in [-0.2, -0.15) is 0 Å². The molecule has 0 spiro atoms. The smallest absolute Gasteiger partial charge is 0.223 e. The van der Waals surface area contributed by atoms with E-state index >= 15 is 0 Å². The number of nitrogens with zero attached hydrogens (tertiary/aromatic N) is 4. The van der Waals surface area contributed by atoms with Gasteiger partial charge in [-0.25, -0.2) is 0 Å². The summed E-state index contributed by atoms with van der Waals surface area (Å²) in [4.78, 5) is 14.2. The fourth-order valence-electron chi connectivity index (χ4n) is 2.59. The van der Waals surface area contributed by atoms with Gasteiger partial charge in [-0.15, -0.1) is 10.2 Å². The quantitative estimate of drug-likeness (QED) is 0.849. The maximum atomic E-state index is 12.3. The van der Waals surface area contributed by atoms with Crippen LogP contribution in [0.1, 0.15) is 17.8 Å². The summed E-state index contributed by atoms with van der Waals surface area (Å²) in [5.41, 5.74) is 1.06. The summed E-state index contributed by atoms with van der Waals surface area (Å²) < 4.78 is 7.30. The summed E-state index contributed by atoms with van der Waals surface area (Å²) in [6, 6.07) is 7.81. The van der Waals surface area contributed by atoms with Crippen LogP contribution < -0.4 is 4.74 Å². The van der Waals surface area contributed by atoms with Crippen molar-refractivity contribution < 1.29 is 9.53 Å². The topological polar surface area (TPSA) is 60.2 Å². The molecule has 2 aromatic rings. The van der Waals surface area contributed by atoms with Crippen molar-refractivity contribution in [3.05, 3.63) is 42.0 Å². The van der Waals surface area contributed by atoms with E-state index in [0.717, 1.165) is 30.2 Å². The Kier molecular flexibility index (Phi) is 3.85. The van der Waals surface area contributed by atoms with Crippen LogP contribution in [0.3, 0.4) is 0 Å². The van der Waals surface area contributed by atoms with Gasteiger partial charge in [0.15, 0.2) is 5.82 Å². The average molecular weight is 286 g/mol. The van der Waals surface area contributed by atoms with E-state index in [2.05, 4.69) is 10.2 Å². The van der Waals surface area contributed by atoms with Crippen LogP contribution in [0.4, 0.5) is 0 Å². The number of methoxy groups -OCH3 is 1. The second-order valence-corrected chi connectivity index (χ2v) is 5.07. The number of carbonyl (C=O) groups excluding carboxylic acids is 1. The molecular formula is C15H18N4O2. The van der Waals surface area contributed by atoms with Gasteiger partial charge in [0.1, 0.15) is 12.1 Å². The van der Waals surface area contributed by atoms with Gasteiger partial charge < -0.3 is 14.2 Å². The van der Waals surface area contributed by atoms with Crippen molar-refractivity contribution >= 4 is 5.91 Å². The highest BCUT2D eigenvalue weighted by Gasteiger charge is 2.21. The van der Waals surface area contributed by atoms with Crippen LogP contribution >= 0.6 is 0 Å². The van der Waals surface area contributed by atoms with Crippen molar-refractivity contribution in [3.63, 3.8) is 0 Å². The average Bonchev–Trinajstić information content (AvgIpc) is 3.00. The normalized spacial score (nSPS) is 13.9. The first kappa shape index (κ1) is 13.6. The summed E-state index contributed by atoms with van der Waals surface area (Å²) >= 11 is 0. The molecule has 1 aromatic carbocycles. The van der Waals surface area contributed by atoms with Gasteiger partial charge in [0.05, 0.1) is 13.7 Å². The molecule has 2 heterocycles. The molecule has 1 aromatic heterocycles. The molecule has 0 bridgehead atoms. The molecule has 1 amide bonds. The molecule has 1 aliphatic rings. The molecule has 110 valence electrons. The number of ether oxygens (including phenoxy) is 1. The summed E-state index contributed by atoms with van der Waals surface area (Å²) in [6.07, 6.45) is 2.88. The molecule has 0 radical (unpaired) electrons. The number of benzene rings is 1. The molecule has 0 N–H and O–H groups in total. The number of carbonyl (C=O) groups is 1. The van der Waals surface area contributed by atoms with E-state index in [-0.39, 0.29) is 5.91 Å². The van der Waals surface area contributed by atoms with Crippen LogP contribution in [0.15, 0.2) is 30.6 Å². The maximum absolute atomic E-state index is 12.3. The standard InChI is InChI=1S/C15H18N4O2/c1-21-13-5-3-2-4-12(13)6-7-15(20)18-8-9-19-11-16-17-14(19)10-18/h2-5,11H,6-10H2,1H3. The summed E-state index contributed by atoms with van der Waals surface area (Å²) in [6.45, 7) is 2.03. The number of fused-ring (bicyclic) bond motifs is 1. The number of hydrogen-bond acceptors (Lipinski definition) is 4. The van der Waals surface area contributed by atoms with Gasteiger partial charge >= 0.3 is 0 Å². The molecule has 0 saturated carbocycles. The molecule has 1 aliphatic heterocycles. The van der Waals surface area contributed by atoms with Gasteiger partial charge in [0, 0.05) is 19.5 Å². The third-order valence-corrected chi connectivity index (χ3v) is 3.79. The minimum Gasteiger partial charge on any atom is -0.496 e. The second kappa shape index (κ2) is 5.95. The molecule has 0 aliphatic carbocycles. The van der Waals surface area contributed by atoms with Crippen molar-refractivity contribution in [2.24, 2.45) is 0 Å². The van der Waals surface area contributed by atoms with Crippen LogP contribution in [-0.4, -0.2) is 39.2 Å². The van der Waals surface area contributed by atoms with Crippen molar-refractivity contribution in [2.45, 2.75) is 25.9 Å². The van der Waals surface area contributed by atoms with Gasteiger partial charge in [0.25, 0.3) is 0 Å². The fourth-order valence-corrected chi connectivity index (χ4v) is 2.59. The maximum Gasteiger partial charge on any atom is 0.223 e. The van der Waals surface area contributed by atoms with Crippen molar-refractivity contribution in [1.82, 2.24) is 19.7 Å². The highest BCUT2D eigenvalue weighted by molar-refractivity contribution is 5.76. The first-order valence-electron chi connectivity index (χ1n) is 7.04. The molecular weight excluding hydrogens is 268 g/mol. The van der Waals surface area contributed by atoms with E-state index in [1.165, 1.54) is 0 Å². The Balaban J connectivity index is 1.60. The van der Waals surface area contributed by atoms with E-state index in [0.29, 0.717) is 19.4 Å². The van der Waals surface area contributed by atoms with Crippen LogP contribution in [0.5, 0.6) is 5.75 Å². The fraction of sp³-hybridized carbons (Fsp3) is 0.400. The highest BCUT2D eigenvalue weighted by Crippen LogP contribution is 2.20. The Bertz CT molecular complexity index is 638. The third-order valence-electron chi connectivity index (χ3n) is 3.79. The largest absolute Gasteiger partial charge is 0.496 e. The summed E-state index contributed by atoms with van der Waals surface area (Å²) in [5, 5.41) is 7.91. The zero-order valence-electron chi connectivity index (χ0n) is 12.0. The van der Waals surface area contributed by atoms with Gasteiger partial charge in [-0.05, 0) is 18.1 Å². The lowest BCUT2D eigenvalue weighted by atomic mass is 10.1. The molecule has 3 rings (SSSR count). The van der Waals surface area contributed by atoms with Crippen molar-refractivity contribution in [2.75, 3.05) is 13.7 Å². The molecule has 0 fully saturated rings. The zero-order chi connectivity index (χ0) is 14.7. The van der Waals surface area contributed by atoms with Crippen molar-refractivity contribution in [1.29, 1.82) is 0 Å². The Morgan fingerprint density at radius 1 is 1.33 bits per heavy atom.